The van der Waals surface area contributed by atoms with Crippen LogP contribution in [-0.4, -0.2) is 30.3 Å². The van der Waals surface area contributed by atoms with Crippen LogP contribution in [0.2, 0.25) is 0 Å². The Labute approximate surface area is 119 Å². The first-order chi connectivity index (χ1) is 9.63. The second-order valence-electron chi connectivity index (χ2n) is 5.16. The zero-order chi connectivity index (χ0) is 14.5. The average Bonchev–Trinajstić information content (AvgIpc) is 3.25. The molecule has 1 aliphatic carbocycles. The maximum absolute atomic E-state index is 12.2. The fourth-order valence-electron chi connectivity index (χ4n) is 2.28. The van der Waals surface area contributed by atoms with E-state index in [1.807, 2.05) is 30.3 Å². The number of hydrogen-bond donors (Lipinski definition) is 1. The molecule has 106 valence electrons. The lowest BCUT2D eigenvalue weighted by molar-refractivity contribution is -0.134. The van der Waals surface area contributed by atoms with Gasteiger partial charge >= 0.3 is 0 Å². The number of carbonyl (C=O) groups excluding carboxylic acids is 2. The molecule has 1 aromatic rings. The molecule has 0 radical (unpaired) electrons. The van der Waals surface area contributed by atoms with Crippen LogP contribution < -0.4 is 5.32 Å². The number of carbonyl (C=O) groups is 2. The highest BCUT2D eigenvalue weighted by Crippen LogP contribution is 2.40. The lowest BCUT2D eigenvalue weighted by Crippen LogP contribution is -2.31. The lowest BCUT2D eigenvalue weighted by Gasteiger charge is -2.17. The standard InChI is InChI=1S/C16H20N2O2/c1-3-9-17-15(19)13-10-14(13)16(20)18(2)11-12-7-5-4-6-8-12/h3-8,13-14H,1,9-11H2,2H3,(H,17,19). The van der Waals surface area contributed by atoms with Crippen molar-refractivity contribution in [2.24, 2.45) is 11.8 Å². The van der Waals surface area contributed by atoms with E-state index in [4.69, 9.17) is 0 Å². The van der Waals surface area contributed by atoms with Crippen LogP contribution in [0.3, 0.4) is 0 Å². The number of hydrogen-bond acceptors (Lipinski definition) is 2. The molecule has 4 nitrogen and oxygen atoms in total. The number of nitrogens with zero attached hydrogens (tertiary/aromatic N) is 1. The third-order valence-electron chi connectivity index (χ3n) is 3.50. The van der Waals surface area contributed by atoms with E-state index in [1.54, 1.807) is 18.0 Å². The Kier molecular flexibility index (Phi) is 4.56. The summed E-state index contributed by atoms with van der Waals surface area (Å²) in [6.45, 7) is 4.59. The van der Waals surface area contributed by atoms with Gasteiger partial charge in [0, 0.05) is 20.1 Å². The molecule has 1 aromatic carbocycles. The van der Waals surface area contributed by atoms with Crippen molar-refractivity contribution in [1.82, 2.24) is 10.2 Å². The summed E-state index contributed by atoms with van der Waals surface area (Å²) >= 11 is 0. The van der Waals surface area contributed by atoms with Crippen LogP contribution in [-0.2, 0) is 16.1 Å². The number of rotatable bonds is 6. The molecule has 2 amide bonds. The minimum Gasteiger partial charge on any atom is -0.352 e. The van der Waals surface area contributed by atoms with Crippen LogP contribution in [0.25, 0.3) is 0 Å². The maximum atomic E-state index is 12.2. The quantitative estimate of drug-likeness (QED) is 0.799. The normalized spacial score (nSPS) is 20.1. The maximum Gasteiger partial charge on any atom is 0.226 e. The van der Waals surface area contributed by atoms with Gasteiger partial charge in [-0.2, -0.15) is 0 Å². The Hall–Kier alpha value is -2.10. The number of benzene rings is 1. The highest BCUT2D eigenvalue weighted by atomic mass is 16.2. The molecule has 2 unspecified atom stereocenters. The van der Waals surface area contributed by atoms with E-state index in [9.17, 15) is 9.59 Å². The minimum absolute atomic E-state index is 0.0450. The predicted octanol–water partition coefficient (Wildman–Crippen LogP) is 1.58. The first kappa shape index (κ1) is 14.3. The topological polar surface area (TPSA) is 49.4 Å². The summed E-state index contributed by atoms with van der Waals surface area (Å²) in [7, 11) is 1.78. The molecule has 1 saturated carbocycles. The van der Waals surface area contributed by atoms with Crippen LogP contribution in [0.15, 0.2) is 43.0 Å². The third kappa shape index (κ3) is 3.47. The first-order valence-corrected chi connectivity index (χ1v) is 6.81. The van der Waals surface area contributed by atoms with E-state index in [0.717, 1.165) is 5.56 Å². The Morgan fingerprint density at radius 2 is 2.05 bits per heavy atom. The molecule has 0 aliphatic heterocycles. The minimum atomic E-state index is -0.166. The molecule has 0 spiro atoms. The van der Waals surface area contributed by atoms with Gasteiger partial charge in [0.1, 0.15) is 0 Å². The van der Waals surface area contributed by atoms with Gasteiger partial charge < -0.3 is 10.2 Å². The van der Waals surface area contributed by atoms with Gasteiger partial charge in [-0.3, -0.25) is 9.59 Å². The van der Waals surface area contributed by atoms with E-state index >= 15 is 0 Å². The summed E-state index contributed by atoms with van der Waals surface area (Å²) in [6, 6.07) is 9.84. The molecule has 2 atom stereocenters. The Bertz CT molecular complexity index is 498. The van der Waals surface area contributed by atoms with Crippen molar-refractivity contribution in [3.05, 3.63) is 48.6 Å². The molecular formula is C16H20N2O2. The average molecular weight is 272 g/mol. The van der Waals surface area contributed by atoms with Gasteiger partial charge in [0.2, 0.25) is 11.8 Å². The zero-order valence-corrected chi connectivity index (χ0v) is 11.7. The predicted molar refractivity (Wildman–Crippen MR) is 77.7 cm³/mol. The van der Waals surface area contributed by atoms with Gasteiger partial charge in [-0.25, -0.2) is 0 Å². The summed E-state index contributed by atoms with van der Waals surface area (Å²) in [6.07, 6.45) is 2.29. The van der Waals surface area contributed by atoms with Crippen molar-refractivity contribution in [3.8, 4) is 0 Å². The number of amides is 2. The van der Waals surface area contributed by atoms with Crippen molar-refractivity contribution in [1.29, 1.82) is 0 Å². The van der Waals surface area contributed by atoms with Crippen LogP contribution >= 0.6 is 0 Å². The summed E-state index contributed by atoms with van der Waals surface area (Å²) in [5, 5.41) is 2.74. The van der Waals surface area contributed by atoms with Crippen LogP contribution in [0, 0.1) is 11.8 Å². The van der Waals surface area contributed by atoms with Gasteiger partial charge in [0.15, 0.2) is 0 Å². The SMILES string of the molecule is C=CCNC(=O)C1CC1C(=O)N(C)Cc1ccccc1. The fraction of sp³-hybridized carbons (Fsp3) is 0.375. The molecule has 1 fully saturated rings. The van der Waals surface area contributed by atoms with Crippen molar-refractivity contribution in [2.45, 2.75) is 13.0 Å². The summed E-state index contributed by atoms with van der Waals surface area (Å²) in [5.74, 6) is -0.321. The second-order valence-corrected chi connectivity index (χ2v) is 5.16. The van der Waals surface area contributed by atoms with Crippen LogP contribution in [0.4, 0.5) is 0 Å². The zero-order valence-electron chi connectivity index (χ0n) is 11.7. The molecule has 0 aromatic heterocycles. The summed E-state index contributed by atoms with van der Waals surface area (Å²) in [4.78, 5) is 25.6. The number of nitrogens with one attached hydrogen (secondary N) is 1. The smallest absolute Gasteiger partial charge is 0.226 e. The molecule has 1 aliphatic rings. The first-order valence-electron chi connectivity index (χ1n) is 6.81. The largest absolute Gasteiger partial charge is 0.352 e. The summed E-state index contributed by atoms with van der Waals surface area (Å²) in [5.41, 5.74) is 1.09. The van der Waals surface area contributed by atoms with Gasteiger partial charge in [0.05, 0.1) is 11.8 Å². The third-order valence-corrected chi connectivity index (χ3v) is 3.50. The van der Waals surface area contributed by atoms with Crippen LogP contribution in [0.5, 0.6) is 0 Å². The van der Waals surface area contributed by atoms with E-state index in [1.165, 1.54) is 0 Å². The Morgan fingerprint density at radius 1 is 1.35 bits per heavy atom. The Morgan fingerprint density at radius 3 is 2.70 bits per heavy atom. The van der Waals surface area contributed by atoms with E-state index < -0.39 is 0 Å². The summed E-state index contributed by atoms with van der Waals surface area (Å²) < 4.78 is 0. The van der Waals surface area contributed by atoms with E-state index in [2.05, 4.69) is 11.9 Å². The fourth-order valence-corrected chi connectivity index (χ4v) is 2.28. The highest BCUT2D eigenvalue weighted by molar-refractivity contribution is 5.92. The van der Waals surface area contributed by atoms with Crippen LogP contribution in [0.1, 0.15) is 12.0 Å². The van der Waals surface area contributed by atoms with E-state index in [0.29, 0.717) is 19.5 Å². The monoisotopic (exact) mass is 272 g/mol. The van der Waals surface area contributed by atoms with Gasteiger partial charge in [-0.05, 0) is 12.0 Å². The molecule has 0 saturated heterocycles. The molecule has 2 rings (SSSR count). The lowest BCUT2D eigenvalue weighted by atomic mass is 10.2. The Balaban J connectivity index is 1.84. The van der Waals surface area contributed by atoms with Crippen molar-refractivity contribution < 1.29 is 9.59 Å². The molecule has 1 N–H and O–H groups in total. The highest BCUT2D eigenvalue weighted by Gasteiger charge is 2.48. The molecule has 0 heterocycles. The molecule has 0 bridgehead atoms. The van der Waals surface area contributed by atoms with Gasteiger partial charge in [-0.15, -0.1) is 6.58 Å². The second kappa shape index (κ2) is 6.37. The van der Waals surface area contributed by atoms with Crippen molar-refractivity contribution in [3.63, 3.8) is 0 Å². The van der Waals surface area contributed by atoms with Gasteiger partial charge in [0.25, 0.3) is 0 Å². The molecular weight excluding hydrogens is 252 g/mol. The molecule has 20 heavy (non-hydrogen) atoms. The van der Waals surface area contributed by atoms with E-state index in [-0.39, 0.29) is 23.7 Å². The van der Waals surface area contributed by atoms with Gasteiger partial charge in [-0.1, -0.05) is 36.4 Å². The van der Waals surface area contributed by atoms with Crippen molar-refractivity contribution >= 4 is 11.8 Å². The van der Waals surface area contributed by atoms with Crippen molar-refractivity contribution in [2.75, 3.05) is 13.6 Å². The molecule has 4 heteroatoms.